The molecule has 4 rings (SSSR count). The molecule has 0 radical (unpaired) electrons. The van der Waals surface area contributed by atoms with Gasteiger partial charge in [0.05, 0.1) is 32.4 Å². The zero-order valence-electron chi connectivity index (χ0n) is 16.6. The van der Waals surface area contributed by atoms with Crippen LogP contribution in [0.5, 0.6) is 0 Å². The SMILES string of the molecule is Cc1sc(NC(=O)c2cc(-c3ccc(Cl)c(Cl)c3)nc3ccccc23)c(C(N)=O)c1C. The van der Waals surface area contributed by atoms with E-state index in [0.29, 0.717) is 42.8 Å². The second-order valence-corrected chi connectivity index (χ2v) is 9.05. The van der Waals surface area contributed by atoms with Crippen molar-refractivity contribution in [3.05, 3.63) is 80.1 Å². The van der Waals surface area contributed by atoms with Gasteiger partial charge in [-0.2, -0.15) is 0 Å². The first-order valence-corrected chi connectivity index (χ1v) is 10.9. The van der Waals surface area contributed by atoms with Crippen molar-refractivity contribution in [1.82, 2.24) is 4.98 Å². The van der Waals surface area contributed by atoms with Crippen molar-refractivity contribution in [3.63, 3.8) is 0 Å². The van der Waals surface area contributed by atoms with Crippen molar-refractivity contribution in [1.29, 1.82) is 0 Å². The van der Waals surface area contributed by atoms with Gasteiger partial charge in [0.1, 0.15) is 5.00 Å². The lowest BCUT2D eigenvalue weighted by Gasteiger charge is -2.11. The third kappa shape index (κ3) is 4.02. The molecule has 0 atom stereocenters. The first-order valence-electron chi connectivity index (χ1n) is 9.32. The number of rotatable bonds is 4. The molecule has 0 aliphatic rings. The minimum Gasteiger partial charge on any atom is -0.365 e. The van der Waals surface area contributed by atoms with Crippen LogP contribution in [0.1, 0.15) is 31.2 Å². The Hall–Kier alpha value is -2.93. The van der Waals surface area contributed by atoms with Crippen molar-refractivity contribution in [3.8, 4) is 11.3 Å². The number of benzene rings is 2. The summed E-state index contributed by atoms with van der Waals surface area (Å²) < 4.78 is 0. The number of primary amides is 1. The Bertz CT molecular complexity index is 1360. The number of carbonyl (C=O) groups is 2. The molecule has 5 nitrogen and oxygen atoms in total. The number of amides is 2. The average Bonchev–Trinajstić information content (AvgIpc) is 3.02. The van der Waals surface area contributed by atoms with Gasteiger partial charge in [0.15, 0.2) is 0 Å². The summed E-state index contributed by atoms with van der Waals surface area (Å²) in [4.78, 5) is 30.8. The molecule has 0 saturated carbocycles. The maximum Gasteiger partial charge on any atom is 0.257 e. The summed E-state index contributed by atoms with van der Waals surface area (Å²) in [6.45, 7) is 3.69. The van der Waals surface area contributed by atoms with Crippen LogP contribution in [0.4, 0.5) is 5.00 Å². The fraction of sp³-hybridized carbons (Fsp3) is 0.0870. The van der Waals surface area contributed by atoms with E-state index in [1.165, 1.54) is 11.3 Å². The summed E-state index contributed by atoms with van der Waals surface area (Å²) in [6, 6.07) is 14.3. The highest BCUT2D eigenvalue weighted by Crippen LogP contribution is 2.34. The van der Waals surface area contributed by atoms with Crippen LogP contribution >= 0.6 is 34.5 Å². The van der Waals surface area contributed by atoms with Gasteiger partial charge in [-0.3, -0.25) is 9.59 Å². The molecule has 0 spiro atoms. The molecular formula is C23H17Cl2N3O2S. The van der Waals surface area contributed by atoms with Gasteiger partial charge < -0.3 is 11.1 Å². The lowest BCUT2D eigenvalue weighted by Crippen LogP contribution is -2.18. The maximum atomic E-state index is 13.3. The van der Waals surface area contributed by atoms with Crippen molar-refractivity contribution in [2.24, 2.45) is 5.73 Å². The smallest absolute Gasteiger partial charge is 0.257 e. The fourth-order valence-corrected chi connectivity index (χ4v) is 4.71. The zero-order chi connectivity index (χ0) is 22.3. The summed E-state index contributed by atoms with van der Waals surface area (Å²) in [5.41, 5.74) is 9.03. The topological polar surface area (TPSA) is 85.1 Å². The lowest BCUT2D eigenvalue weighted by molar-refractivity contribution is 0.100. The molecule has 0 aliphatic heterocycles. The second kappa shape index (κ2) is 8.30. The van der Waals surface area contributed by atoms with Gasteiger partial charge in [-0.25, -0.2) is 4.98 Å². The maximum absolute atomic E-state index is 13.3. The predicted molar refractivity (Wildman–Crippen MR) is 127 cm³/mol. The van der Waals surface area contributed by atoms with E-state index in [2.05, 4.69) is 10.3 Å². The van der Waals surface area contributed by atoms with E-state index in [9.17, 15) is 9.59 Å². The molecule has 2 aromatic heterocycles. The summed E-state index contributed by atoms with van der Waals surface area (Å²) >= 11 is 13.5. The number of pyridine rings is 1. The van der Waals surface area contributed by atoms with Gasteiger partial charge in [-0.1, -0.05) is 47.5 Å². The molecular weight excluding hydrogens is 453 g/mol. The molecule has 8 heteroatoms. The molecule has 156 valence electrons. The Morgan fingerprint density at radius 2 is 1.77 bits per heavy atom. The first-order chi connectivity index (χ1) is 14.8. The van der Waals surface area contributed by atoms with E-state index in [1.54, 1.807) is 24.3 Å². The van der Waals surface area contributed by atoms with Crippen LogP contribution < -0.4 is 11.1 Å². The minimum absolute atomic E-state index is 0.332. The second-order valence-electron chi connectivity index (χ2n) is 7.01. The van der Waals surface area contributed by atoms with Crippen LogP contribution in [0, 0.1) is 13.8 Å². The Kier molecular flexibility index (Phi) is 5.71. The number of nitrogens with zero attached hydrogens (tertiary/aromatic N) is 1. The molecule has 2 amide bonds. The number of aromatic nitrogens is 1. The number of anilines is 1. The standard InChI is InChI=1S/C23H17Cl2N3O2S/c1-11-12(2)31-23(20(11)21(26)29)28-22(30)15-10-19(13-7-8-16(24)17(25)9-13)27-18-6-4-3-5-14(15)18/h3-10H,1-2H3,(H2,26,29)(H,28,30). The van der Waals surface area contributed by atoms with Gasteiger partial charge >= 0.3 is 0 Å². The van der Waals surface area contributed by atoms with Crippen molar-refractivity contribution in [2.45, 2.75) is 13.8 Å². The number of nitrogens with two attached hydrogens (primary N) is 1. The quantitative estimate of drug-likeness (QED) is 0.370. The number of carbonyl (C=O) groups excluding carboxylic acids is 2. The van der Waals surface area contributed by atoms with Crippen molar-refractivity contribution in [2.75, 3.05) is 5.32 Å². The van der Waals surface area contributed by atoms with E-state index >= 15 is 0 Å². The van der Waals surface area contributed by atoms with Gasteiger partial charge in [0.2, 0.25) is 0 Å². The number of nitrogens with one attached hydrogen (secondary N) is 1. The van der Waals surface area contributed by atoms with Crippen molar-refractivity contribution < 1.29 is 9.59 Å². The average molecular weight is 470 g/mol. The van der Waals surface area contributed by atoms with Crippen molar-refractivity contribution >= 4 is 62.3 Å². The van der Waals surface area contributed by atoms with E-state index in [0.717, 1.165) is 16.0 Å². The van der Waals surface area contributed by atoms with E-state index < -0.39 is 5.91 Å². The van der Waals surface area contributed by atoms with Crippen LogP contribution in [0.25, 0.3) is 22.2 Å². The molecule has 31 heavy (non-hydrogen) atoms. The summed E-state index contributed by atoms with van der Waals surface area (Å²) in [5, 5.41) is 4.82. The van der Waals surface area contributed by atoms with Gasteiger partial charge in [-0.05, 0) is 43.7 Å². The summed E-state index contributed by atoms with van der Waals surface area (Å²) in [7, 11) is 0. The van der Waals surface area contributed by atoms with Crippen LogP contribution in [-0.2, 0) is 0 Å². The Labute approximate surface area is 192 Å². The van der Waals surface area contributed by atoms with E-state index in [4.69, 9.17) is 28.9 Å². The largest absolute Gasteiger partial charge is 0.365 e. The monoisotopic (exact) mass is 469 g/mol. The predicted octanol–water partition coefficient (Wildman–Crippen LogP) is 6.24. The zero-order valence-corrected chi connectivity index (χ0v) is 19.0. The number of hydrogen-bond acceptors (Lipinski definition) is 4. The molecule has 4 aromatic rings. The number of hydrogen-bond donors (Lipinski definition) is 2. The highest BCUT2D eigenvalue weighted by molar-refractivity contribution is 7.16. The number of thiophene rings is 1. The molecule has 3 N–H and O–H groups in total. The fourth-order valence-electron chi connectivity index (χ4n) is 3.35. The van der Waals surface area contributed by atoms with Gasteiger partial charge in [0, 0.05) is 15.8 Å². The van der Waals surface area contributed by atoms with Crippen LogP contribution in [0.15, 0.2) is 48.5 Å². The molecule has 2 heterocycles. The number of halogens is 2. The lowest BCUT2D eigenvalue weighted by atomic mass is 10.0. The Morgan fingerprint density at radius 1 is 1.03 bits per heavy atom. The number of fused-ring (bicyclic) bond motifs is 1. The molecule has 0 bridgehead atoms. The van der Waals surface area contributed by atoms with E-state index in [-0.39, 0.29) is 5.91 Å². The molecule has 0 saturated heterocycles. The summed E-state index contributed by atoms with van der Waals surface area (Å²) in [5.74, 6) is -0.933. The van der Waals surface area contributed by atoms with Crippen LogP contribution in [-0.4, -0.2) is 16.8 Å². The van der Waals surface area contributed by atoms with Gasteiger partial charge in [-0.15, -0.1) is 11.3 Å². The highest BCUT2D eigenvalue weighted by Gasteiger charge is 2.21. The normalized spacial score (nSPS) is 11.0. The number of para-hydroxylation sites is 1. The third-order valence-electron chi connectivity index (χ3n) is 5.03. The van der Waals surface area contributed by atoms with Crippen LogP contribution in [0.3, 0.4) is 0 Å². The van der Waals surface area contributed by atoms with Gasteiger partial charge in [0.25, 0.3) is 11.8 Å². The molecule has 0 aliphatic carbocycles. The first kappa shape index (κ1) is 21.3. The molecule has 0 fully saturated rings. The van der Waals surface area contributed by atoms with E-state index in [1.807, 2.05) is 38.1 Å². The molecule has 2 aromatic carbocycles. The number of aryl methyl sites for hydroxylation is 1. The Morgan fingerprint density at radius 3 is 2.48 bits per heavy atom. The Balaban J connectivity index is 1.83. The third-order valence-corrected chi connectivity index (χ3v) is 6.90. The minimum atomic E-state index is -0.576. The summed E-state index contributed by atoms with van der Waals surface area (Å²) in [6.07, 6.45) is 0. The molecule has 0 unspecified atom stereocenters. The van der Waals surface area contributed by atoms with Crippen LogP contribution in [0.2, 0.25) is 10.0 Å². The highest BCUT2D eigenvalue weighted by atomic mass is 35.5.